The molecular weight excluding hydrogens is 278 g/mol. The molecule has 2 N–H and O–H groups in total. The van der Waals surface area contributed by atoms with E-state index in [0.717, 1.165) is 24.4 Å². The van der Waals surface area contributed by atoms with Crippen molar-refractivity contribution in [3.05, 3.63) is 56.0 Å². The second-order valence-electron chi connectivity index (χ2n) is 4.08. The molecule has 0 saturated carbocycles. The predicted octanol–water partition coefficient (Wildman–Crippen LogP) is 0.506. The average Bonchev–Trinajstić information content (AvgIpc) is 2.39. The molecule has 9 nitrogen and oxygen atoms in total. The highest BCUT2D eigenvalue weighted by atomic mass is 16.6. The molecule has 1 aromatic heterocycles. The van der Waals surface area contributed by atoms with Crippen molar-refractivity contribution in [2.24, 2.45) is 5.10 Å². The van der Waals surface area contributed by atoms with Gasteiger partial charge in [0, 0.05) is 23.9 Å². The highest BCUT2D eigenvalue weighted by molar-refractivity contribution is 5.84. The molecule has 0 spiro atoms. The fourth-order valence-corrected chi connectivity index (χ4v) is 1.55. The van der Waals surface area contributed by atoms with Gasteiger partial charge in [0.2, 0.25) is 5.95 Å². The van der Waals surface area contributed by atoms with Crippen LogP contribution in [-0.2, 0) is 0 Å². The number of aromatic nitrogens is 2. The van der Waals surface area contributed by atoms with E-state index in [1.165, 1.54) is 6.07 Å². The summed E-state index contributed by atoms with van der Waals surface area (Å²) in [5.74, 6) is -0.300. The largest absolute Gasteiger partial charge is 0.872 e. The second-order valence-corrected chi connectivity index (χ2v) is 4.08. The highest BCUT2D eigenvalue weighted by Crippen LogP contribution is 2.19. The van der Waals surface area contributed by atoms with E-state index in [4.69, 9.17) is 0 Å². The maximum atomic E-state index is 11.5. The van der Waals surface area contributed by atoms with Gasteiger partial charge < -0.3 is 5.11 Å². The van der Waals surface area contributed by atoms with Crippen molar-refractivity contribution < 1.29 is 10.0 Å². The number of non-ortho nitro benzene ring substituents is 1. The van der Waals surface area contributed by atoms with Gasteiger partial charge in [-0.15, -0.1) is 0 Å². The van der Waals surface area contributed by atoms with Crippen molar-refractivity contribution in [3.8, 4) is 5.75 Å². The van der Waals surface area contributed by atoms with Crippen molar-refractivity contribution in [3.63, 3.8) is 0 Å². The van der Waals surface area contributed by atoms with Crippen LogP contribution >= 0.6 is 0 Å². The molecular formula is C12H10N5O4-. The number of aromatic amines is 1. The van der Waals surface area contributed by atoms with Gasteiger partial charge in [0.15, 0.2) is 0 Å². The van der Waals surface area contributed by atoms with Gasteiger partial charge in [-0.3, -0.25) is 19.9 Å². The molecule has 9 heteroatoms. The average molecular weight is 288 g/mol. The van der Waals surface area contributed by atoms with Crippen molar-refractivity contribution in [1.29, 1.82) is 0 Å². The Morgan fingerprint density at radius 2 is 2.19 bits per heavy atom. The van der Waals surface area contributed by atoms with E-state index in [0.29, 0.717) is 5.69 Å². The first-order valence-corrected chi connectivity index (χ1v) is 5.78. The zero-order valence-electron chi connectivity index (χ0n) is 10.9. The number of aryl methyl sites for hydroxylation is 1. The number of nitrogens with one attached hydrogen (secondary N) is 2. The number of H-pyrrole nitrogens is 1. The molecule has 1 heterocycles. The Morgan fingerprint density at radius 1 is 1.43 bits per heavy atom. The summed E-state index contributed by atoms with van der Waals surface area (Å²) in [6.45, 7) is 1.64. The normalized spacial score (nSPS) is 10.7. The van der Waals surface area contributed by atoms with Crippen LogP contribution in [-0.4, -0.2) is 21.1 Å². The van der Waals surface area contributed by atoms with Crippen LogP contribution in [0.3, 0.4) is 0 Å². The van der Waals surface area contributed by atoms with E-state index >= 15 is 0 Å². The lowest BCUT2D eigenvalue weighted by molar-refractivity contribution is -0.385. The predicted molar refractivity (Wildman–Crippen MR) is 73.4 cm³/mol. The van der Waals surface area contributed by atoms with Crippen molar-refractivity contribution in [2.75, 3.05) is 5.43 Å². The van der Waals surface area contributed by atoms with E-state index in [2.05, 4.69) is 20.5 Å². The van der Waals surface area contributed by atoms with Gasteiger partial charge in [0.05, 0.1) is 11.1 Å². The molecule has 0 radical (unpaired) electrons. The fourth-order valence-electron chi connectivity index (χ4n) is 1.55. The number of hydrogen-bond donors (Lipinski definition) is 2. The summed E-state index contributed by atoms with van der Waals surface area (Å²) < 4.78 is 0. The van der Waals surface area contributed by atoms with Gasteiger partial charge in [-0.2, -0.15) is 5.10 Å². The van der Waals surface area contributed by atoms with Crippen LogP contribution in [0, 0.1) is 17.0 Å². The van der Waals surface area contributed by atoms with Crippen molar-refractivity contribution in [1.82, 2.24) is 9.97 Å². The minimum atomic E-state index is -0.607. The topological polar surface area (TPSA) is 136 Å². The van der Waals surface area contributed by atoms with Crippen LogP contribution in [0.15, 0.2) is 34.2 Å². The maximum absolute atomic E-state index is 11.5. The molecule has 0 aliphatic heterocycles. The molecule has 0 fully saturated rings. The smallest absolute Gasteiger partial charge is 0.270 e. The van der Waals surface area contributed by atoms with Crippen LogP contribution in [0.25, 0.3) is 0 Å². The lowest BCUT2D eigenvalue weighted by atomic mass is 10.2. The molecule has 0 unspecified atom stereocenters. The molecule has 1 aromatic carbocycles. The third kappa shape index (κ3) is 3.62. The zero-order chi connectivity index (χ0) is 15.4. The third-order valence-electron chi connectivity index (χ3n) is 2.45. The highest BCUT2D eigenvalue weighted by Gasteiger charge is 2.05. The minimum absolute atomic E-state index is 0.0479. The monoisotopic (exact) mass is 288 g/mol. The lowest BCUT2D eigenvalue weighted by Crippen LogP contribution is -2.10. The number of hydrazone groups is 1. The SMILES string of the molecule is Cc1cc(=O)[nH]c(N/N=C/c2cc([N+](=O)[O-])ccc2[O-])n1. The Labute approximate surface area is 118 Å². The summed E-state index contributed by atoms with van der Waals surface area (Å²) in [5.41, 5.74) is 2.43. The summed E-state index contributed by atoms with van der Waals surface area (Å²) in [6, 6.07) is 4.63. The Balaban J connectivity index is 2.19. The number of nitro benzene ring substituents is 1. The number of nitrogens with zero attached hydrogens (tertiary/aromatic N) is 3. The fraction of sp³-hybridized carbons (Fsp3) is 0.0833. The summed E-state index contributed by atoms with van der Waals surface area (Å²) >= 11 is 0. The first kappa shape index (κ1) is 14.2. The van der Waals surface area contributed by atoms with Crippen molar-refractivity contribution >= 4 is 17.9 Å². The Kier molecular flexibility index (Phi) is 3.93. The molecule has 0 bridgehead atoms. The van der Waals surface area contributed by atoms with E-state index in [1.54, 1.807) is 6.92 Å². The van der Waals surface area contributed by atoms with E-state index in [1.807, 2.05) is 0 Å². The third-order valence-corrected chi connectivity index (χ3v) is 2.45. The first-order valence-electron chi connectivity index (χ1n) is 5.78. The molecule has 2 aromatic rings. The van der Waals surface area contributed by atoms with Gasteiger partial charge in [-0.1, -0.05) is 11.8 Å². The Bertz CT molecular complexity index is 768. The Morgan fingerprint density at radius 3 is 2.86 bits per heavy atom. The van der Waals surface area contributed by atoms with E-state index in [-0.39, 0.29) is 22.8 Å². The molecule has 2 rings (SSSR count). The standard InChI is InChI=1S/C12H11N5O4/c1-7-4-11(19)15-12(14-7)16-13-6-8-5-9(17(20)21)2-3-10(8)18/h2-6,18H,1H3,(H2,14,15,16,19)/p-1/b13-6+. The number of nitro groups is 1. The van der Waals surface area contributed by atoms with Gasteiger partial charge >= 0.3 is 0 Å². The molecule has 0 saturated heterocycles. The van der Waals surface area contributed by atoms with Gasteiger partial charge in [0.25, 0.3) is 11.2 Å². The van der Waals surface area contributed by atoms with Crippen LogP contribution in [0.1, 0.15) is 11.3 Å². The lowest BCUT2D eigenvalue weighted by Gasteiger charge is -2.08. The minimum Gasteiger partial charge on any atom is -0.872 e. The summed E-state index contributed by atoms with van der Waals surface area (Å²) in [7, 11) is 0. The maximum Gasteiger partial charge on any atom is 0.270 e. The number of rotatable bonds is 4. The van der Waals surface area contributed by atoms with Crippen LogP contribution in [0.2, 0.25) is 0 Å². The van der Waals surface area contributed by atoms with Crippen LogP contribution in [0.5, 0.6) is 5.75 Å². The van der Waals surface area contributed by atoms with Gasteiger partial charge in [-0.25, -0.2) is 10.4 Å². The molecule has 0 atom stereocenters. The molecule has 21 heavy (non-hydrogen) atoms. The number of anilines is 1. The summed E-state index contributed by atoms with van der Waals surface area (Å²) in [4.78, 5) is 27.6. The van der Waals surface area contributed by atoms with Gasteiger partial charge in [-0.05, 0) is 12.5 Å². The van der Waals surface area contributed by atoms with Crippen LogP contribution in [0.4, 0.5) is 11.6 Å². The molecule has 0 aliphatic rings. The summed E-state index contributed by atoms with van der Waals surface area (Å²) in [6.07, 6.45) is 1.12. The number of benzene rings is 1. The number of hydrogen-bond acceptors (Lipinski definition) is 7. The van der Waals surface area contributed by atoms with E-state index in [9.17, 15) is 20.0 Å². The van der Waals surface area contributed by atoms with Crippen LogP contribution < -0.4 is 16.1 Å². The van der Waals surface area contributed by atoms with Crippen molar-refractivity contribution in [2.45, 2.75) is 6.92 Å². The first-order chi connectivity index (χ1) is 9.95. The quantitative estimate of drug-likeness (QED) is 0.477. The van der Waals surface area contributed by atoms with Gasteiger partial charge in [0.1, 0.15) is 0 Å². The molecule has 108 valence electrons. The molecule has 0 aliphatic carbocycles. The Hall–Kier alpha value is -3.23. The molecule has 0 amide bonds. The summed E-state index contributed by atoms with van der Waals surface area (Å²) in [5, 5.41) is 25.9. The zero-order valence-corrected chi connectivity index (χ0v) is 10.9. The second kappa shape index (κ2) is 5.82. The van der Waals surface area contributed by atoms with E-state index < -0.39 is 10.7 Å².